The van der Waals surface area contributed by atoms with Gasteiger partial charge in [-0.25, -0.2) is 4.39 Å². The van der Waals surface area contributed by atoms with Crippen molar-refractivity contribution in [3.8, 4) is 5.88 Å². The second-order valence-corrected chi connectivity index (χ2v) is 5.62. The van der Waals surface area contributed by atoms with Gasteiger partial charge in [0, 0.05) is 17.5 Å². The molecule has 1 heterocycles. The van der Waals surface area contributed by atoms with Gasteiger partial charge in [-0.15, -0.1) is 0 Å². The van der Waals surface area contributed by atoms with Crippen molar-refractivity contribution in [1.29, 1.82) is 0 Å². The van der Waals surface area contributed by atoms with Crippen LogP contribution in [0.4, 0.5) is 15.9 Å². The van der Waals surface area contributed by atoms with E-state index >= 15 is 0 Å². The highest BCUT2D eigenvalue weighted by Gasteiger charge is 2.16. The molecule has 1 atom stereocenters. The number of carbonyl (C=O) groups excluding carboxylic acids is 1. The molecule has 0 bridgehead atoms. The first kappa shape index (κ1) is 16.2. The third-order valence-electron chi connectivity index (χ3n) is 2.90. The molecule has 1 unspecified atom stereocenters. The van der Waals surface area contributed by atoms with E-state index in [0.717, 1.165) is 16.1 Å². The van der Waals surface area contributed by atoms with Gasteiger partial charge in [0.05, 0.1) is 5.69 Å². The number of halogens is 2. The molecule has 7 heteroatoms. The first-order valence-corrected chi connectivity index (χ1v) is 7.32. The molecular formula is C15H15BrFN3O2. The third-order valence-corrected chi connectivity index (χ3v) is 3.42. The van der Waals surface area contributed by atoms with Gasteiger partial charge in [0.1, 0.15) is 6.10 Å². The summed E-state index contributed by atoms with van der Waals surface area (Å²) in [6.45, 7) is 3.09. The smallest absolute Gasteiger partial charge is 0.253 e. The number of aromatic nitrogens is 1. The fraction of sp³-hybridized carbons (Fsp3) is 0.200. The van der Waals surface area contributed by atoms with E-state index in [9.17, 15) is 9.18 Å². The zero-order valence-corrected chi connectivity index (χ0v) is 13.6. The van der Waals surface area contributed by atoms with Gasteiger partial charge in [-0.1, -0.05) is 28.1 Å². The number of nitrogens with one attached hydrogen (secondary N) is 1. The molecule has 1 aromatic heterocycles. The Labute approximate surface area is 135 Å². The SMILES string of the molecule is CC(=O)Nc1nc(OC(C)c2ccc(Br)cc2)c(F)cc1N. The Kier molecular flexibility index (Phi) is 4.97. The molecule has 0 aliphatic carbocycles. The summed E-state index contributed by atoms with van der Waals surface area (Å²) in [5.74, 6) is -1.17. The summed E-state index contributed by atoms with van der Waals surface area (Å²) >= 11 is 3.35. The summed E-state index contributed by atoms with van der Waals surface area (Å²) in [5, 5.41) is 2.43. The van der Waals surface area contributed by atoms with Gasteiger partial charge in [0.25, 0.3) is 5.88 Å². The van der Waals surface area contributed by atoms with Crippen molar-refractivity contribution in [1.82, 2.24) is 4.98 Å². The second kappa shape index (κ2) is 6.74. The van der Waals surface area contributed by atoms with Crippen molar-refractivity contribution >= 4 is 33.3 Å². The second-order valence-electron chi connectivity index (χ2n) is 4.71. The zero-order chi connectivity index (χ0) is 16.3. The van der Waals surface area contributed by atoms with Gasteiger partial charge in [0.2, 0.25) is 5.91 Å². The molecule has 0 radical (unpaired) electrons. The van der Waals surface area contributed by atoms with E-state index in [1.54, 1.807) is 6.92 Å². The van der Waals surface area contributed by atoms with E-state index < -0.39 is 11.9 Å². The molecule has 1 amide bonds. The molecule has 3 N–H and O–H groups in total. The van der Waals surface area contributed by atoms with E-state index in [2.05, 4.69) is 26.2 Å². The van der Waals surface area contributed by atoms with Crippen LogP contribution in [0.3, 0.4) is 0 Å². The predicted molar refractivity (Wildman–Crippen MR) is 86.1 cm³/mol. The Morgan fingerprint density at radius 1 is 1.41 bits per heavy atom. The van der Waals surface area contributed by atoms with Crippen molar-refractivity contribution in [3.63, 3.8) is 0 Å². The standard InChI is InChI=1S/C15H15BrFN3O2/c1-8(10-3-5-11(16)6-4-10)22-15-12(17)7-13(18)14(20-15)19-9(2)21/h3-8H,18H2,1-2H3,(H,19,20,21). The van der Waals surface area contributed by atoms with Gasteiger partial charge in [0.15, 0.2) is 11.6 Å². The molecule has 2 aromatic rings. The Bertz CT molecular complexity index is 692. The van der Waals surface area contributed by atoms with Gasteiger partial charge in [-0.2, -0.15) is 4.98 Å². The topological polar surface area (TPSA) is 77.2 Å². The average molecular weight is 368 g/mol. The highest BCUT2D eigenvalue weighted by Crippen LogP contribution is 2.28. The summed E-state index contributed by atoms with van der Waals surface area (Å²) in [7, 11) is 0. The molecule has 0 saturated carbocycles. The Morgan fingerprint density at radius 3 is 2.64 bits per heavy atom. The number of anilines is 2. The number of benzene rings is 1. The van der Waals surface area contributed by atoms with Crippen LogP contribution in [-0.4, -0.2) is 10.9 Å². The minimum atomic E-state index is -0.685. The van der Waals surface area contributed by atoms with Crippen LogP contribution >= 0.6 is 15.9 Å². The number of nitrogens with two attached hydrogens (primary N) is 1. The van der Waals surface area contributed by atoms with E-state index in [1.807, 2.05) is 24.3 Å². The number of nitrogen functional groups attached to an aromatic ring is 1. The van der Waals surface area contributed by atoms with Gasteiger partial charge < -0.3 is 15.8 Å². The lowest BCUT2D eigenvalue weighted by molar-refractivity contribution is -0.114. The Morgan fingerprint density at radius 2 is 2.05 bits per heavy atom. The minimum absolute atomic E-state index is 0.0383. The Balaban J connectivity index is 2.24. The highest BCUT2D eigenvalue weighted by atomic mass is 79.9. The van der Waals surface area contributed by atoms with Crippen LogP contribution in [0.5, 0.6) is 5.88 Å². The molecule has 0 aliphatic rings. The number of nitrogens with zero attached hydrogens (tertiary/aromatic N) is 1. The van der Waals surface area contributed by atoms with Crippen LogP contribution in [-0.2, 0) is 4.79 Å². The maximum absolute atomic E-state index is 13.9. The number of pyridine rings is 1. The van der Waals surface area contributed by atoms with Crippen LogP contribution in [0.1, 0.15) is 25.5 Å². The fourth-order valence-corrected chi connectivity index (χ4v) is 2.07. The van der Waals surface area contributed by atoms with Crippen LogP contribution in [0.25, 0.3) is 0 Å². The number of hydrogen-bond acceptors (Lipinski definition) is 4. The number of amides is 1. The maximum atomic E-state index is 13.9. The lowest BCUT2D eigenvalue weighted by Crippen LogP contribution is -2.12. The summed E-state index contributed by atoms with van der Waals surface area (Å²) in [4.78, 5) is 15.0. The van der Waals surface area contributed by atoms with E-state index in [4.69, 9.17) is 10.5 Å². The molecule has 116 valence electrons. The van der Waals surface area contributed by atoms with E-state index in [1.165, 1.54) is 6.92 Å². The van der Waals surface area contributed by atoms with Gasteiger partial charge >= 0.3 is 0 Å². The summed E-state index contributed by atoms with van der Waals surface area (Å²) in [6.07, 6.45) is -0.413. The summed E-state index contributed by atoms with van der Waals surface area (Å²) in [5.41, 5.74) is 6.52. The number of rotatable bonds is 4. The quantitative estimate of drug-likeness (QED) is 0.864. The molecule has 0 spiro atoms. The first-order chi connectivity index (χ1) is 10.4. The normalized spacial score (nSPS) is 11.8. The van der Waals surface area contributed by atoms with Gasteiger partial charge in [-0.3, -0.25) is 4.79 Å². The highest BCUT2D eigenvalue weighted by molar-refractivity contribution is 9.10. The maximum Gasteiger partial charge on any atom is 0.253 e. The largest absolute Gasteiger partial charge is 0.468 e. The van der Waals surface area contributed by atoms with Crippen LogP contribution in [0.2, 0.25) is 0 Å². The van der Waals surface area contributed by atoms with Crippen LogP contribution in [0, 0.1) is 5.82 Å². The predicted octanol–water partition coefficient (Wildman–Crippen LogP) is 3.66. The van der Waals surface area contributed by atoms with E-state index in [-0.39, 0.29) is 23.3 Å². The minimum Gasteiger partial charge on any atom is -0.468 e. The summed E-state index contributed by atoms with van der Waals surface area (Å²) in [6, 6.07) is 8.52. The zero-order valence-electron chi connectivity index (χ0n) is 12.1. The molecule has 1 aromatic carbocycles. The van der Waals surface area contributed by atoms with Crippen molar-refractivity contribution in [3.05, 3.63) is 46.2 Å². The van der Waals surface area contributed by atoms with Gasteiger partial charge in [-0.05, 0) is 24.6 Å². The molecular weight excluding hydrogens is 353 g/mol. The lowest BCUT2D eigenvalue weighted by Gasteiger charge is -2.16. The number of carbonyl (C=O) groups is 1. The molecule has 0 saturated heterocycles. The van der Waals surface area contributed by atoms with Crippen molar-refractivity contribution in [2.24, 2.45) is 0 Å². The average Bonchev–Trinajstić information content (AvgIpc) is 2.44. The fourth-order valence-electron chi connectivity index (χ4n) is 1.80. The molecule has 22 heavy (non-hydrogen) atoms. The lowest BCUT2D eigenvalue weighted by atomic mass is 10.1. The van der Waals surface area contributed by atoms with Crippen LogP contribution in [0.15, 0.2) is 34.8 Å². The van der Waals surface area contributed by atoms with Crippen LogP contribution < -0.4 is 15.8 Å². The molecule has 0 fully saturated rings. The van der Waals surface area contributed by atoms with E-state index in [0.29, 0.717) is 0 Å². The molecule has 5 nitrogen and oxygen atoms in total. The monoisotopic (exact) mass is 367 g/mol. The Hall–Kier alpha value is -2.15. The third kappa shape index (κ3) is 3.94. The number of hydrogen-bond donors (Lipinski definition) is 2. The van der Waals surface area contributed by atoms with Crippen molar-refractivity contribution in [2.75, 3.05) is 11.1 Å². The summed E-state index contributed by atoms with van der Waals surface area (Å²) < 4.78 is 20.4. The molecule has 0 aliphatic heterocycles. The molecule has 2 rings (SSSR count). The van der Waals surface area contributed by atoms with Crippen molar-refractivity contribution < 1.29 is 13.9 Å². The first-order valence-electron chi connectivity index (χ1n) is 6.52. The van der Waals surface area contributed by atoms with Crippen molar-refractivity contribution in [2.45, 2.75) is 20.0 Å². The number of ether oxygens (including phenoxy) is 1.